The number of fused-ring (bicyclic) bond motifs is 1. The topological polar surface area (TPSA) is 86.1 Å². The number of rotatable bonds is 7. The number of benzene rings is 1. The van der Waals surface area contributed by atoms with Crippen molar-refractivity contribution < 1.29 is 37.0 Å². The minimum absolute atomic E-state index is 0.113. The van der Waals surface area contributed by atoms with E-state index in [4.69, 9.17) is 14.2 Å². The molecular formula is C30H37F3N4O5. The largest absolute Gasteiger partial charge is 0.496 e. The number of aromatic nitrogens is 2. The third-order valence-corrected chi connectivity index (χ3v) is 7.25. The van der Waals surface area contributed by atoms with Gasteiger partial charge in [-0.25, -0.2) is 14.6 Å². The summed E-state index contributed by atoms with van der Waals surface area (Å²) in [5.41, 5.74) is 2.60. The molecule has 1 aliphatic rings. The van der Waals surface area contributed by atoms with E-state index in [1.807, 2.05) is 19.1 Å². The number of alkyl halides is 3. The summed E-state index contributed by atoms with van der Waals surface area (Å²) in [4.78, 5) is 33.2. The predicted molar refractivity (Wildman–Crippen MR) is 151 cm³/mol. The molecule has 42 heavy (non-hydrogen) atoms. The second-order valence-corrected chi connectivity index (χ2v) is 11.4. The van der Waals surface area contributed by atoms with Gasteiger partial charge in [0.2, 0.25) is 0 Å². The zero-order chi connectivity index (χ0) is 30.8. The van der Waals surface area contributed by atoms with Gasteiger partial charge >= 0.3 is 18.2 Å². The van der Waals surface area contributed by atoms with Crippen molar-refractivity contribution in [3.05, 3.63) is 59.0 Å². The van der Waals surface area contributed by atoms with Gasteiger partial charge in [-0.05, 0) is 57.0 Å². The van der Waals surface area contributed by atoms with Crippen LogP contribution in [-0.4, -0.2) is 83.6 Å². The first kappa shape index (κ1) is 31.3. The highest BCUT2D eigenvalue weighted by atomic mass is 19.4. The number of hydrogen-bond donors (Lipinski definition) is 0. The molecule has 0 N–H and O–H groups in total. The molecule has 0 aliphatic carbocycles. The third-order valence-electron chi connectivity index (χ3n) is 7.25. The van der Waals surface area contributed by atoms with Gasteiger partial charge in [0.25, 0.3) is 0 Å². The molecule has 0 bridgehead atoms. The van der Waals surface area contributed by atoms with Crippen LogP contribution in [0.5, 0.6) is 5.75 Å². The van der Waals surface area contributed by atoms with Crippen molar-refractivity contribution in [3.63, 3.8) is 0 Å². The highest BCUT2D eigenvalue weighted by molar-refractivity contribution is 5.95. The Hall–Kier alpha value is -3.64. The molecule has 0 saturated carbocycles. The van der Waals surface area contributed by atoms with E-state index in [1.165, 1.54) is 11.7 Å². The minimum atomic E-state index is -4.25. The maximum atomic E-state index is 13.0. The Morgan fingerprint density at radius 3 is 2.43 bits per heavy atom. The number of esters is 1. The standard InChI is InChI=1S/C30H37F3N4O5/c1-19-15-25(40-5)22(21-9-11-37(26(19)21)28(39)42-29(2,3)4)17-36-14-13-35(12-10-30(31,32)33)18-24(36)20-7-8-23(34-16-20)27(38)41-6/h7-9,11,15-16,24H,10,12-14,17-18H2,1-6H3. The Morgan fingerprint density at radius 2 is 1.83 bits per heavy atom. The molecule has 1 unspecified atom stereocenters. The summed E-state index contributed by atoms with van der Waals surface area (Å²) >= 11 is 0. The first-order chi connectivity index (χ1) is 19.7. The highest BCUT2D eigenvalue weighted by Crippen LogP contribution is 2.36. The SMILES string of the molecule is COC(=O)c1ccc(C2CN(CCC(F)(F)F)CCN2Cc2c(OC)cc(C)c3c2ccn3C(=O)OC(C)(C)C)cn1. The highest BCUT2D eigenvalue weighted by Gasteiger charge is 2.33. The molecule has 228 valence electrons. The predicted octanol–water partition coefficient (Wildman–Crippen LogP) is 5.73. The van der Waals surface area contributed by atoms with Gasteiger partial charge < -0.3 is 14.2 Å². The van der Waals surface area contributed by atoms with Crippen LogP contribution < -0.4 is 4.74 Å². The van der Waals surface area contributed by atoms with Gasteiger partial charge in [0.05, 0.1) is 26.2 Å². The fourth-order valence-corrected chi connectivity index (χ4v) is 5.27. The molecule has 1 saturated heterocycles. The molecule has 1 atom stereocenters. The summed E-state index contributed by atoms with van der Waals surface area (Å²) in [6.45, 7) is 8.85. The number of pyridine rings is 1. The molecule has 4 rings (SSSR count). The molecule has 12 heteroatoms. The van der Waals surface area contributed by atoms with Crippen molar-refractivity contribution in [1.82, 2.24) is 19.4 Å². The number of halogens is 3. The Bertz CT molecular complexity index is 1430. The minimum Gasteiger partial charge on any atom is -0.496 e. The molecule has 0 spiro atoms. The molecule has 2 aromatic heterocycles. The molecule has 3 heterocycles. The summed E-state index contributed by atoms with van der Waals surface area (Å²) in [7, 11) is 2.85. The van der Waals surface area contributed by atoms with E-state index in [9.17, 15) is 22.8 Å². The van der Waals surface area contributed by atoms with Crippen LogP contribution in [0.1, 0.15) is 60.4 Å². The first-order valence-electron chi connectivity index (χ1n) is 13.7. The van der Waals surface area contributed by atoms with E-state index in [0.717, 1.165) is 22.1 Å². The molecule has 0 radical (unpaired) electrons. The smallest absolute Gasteiger partial charge is 0.419 e. The second-order valence-electron chi connectivity index (χ2n) is 11.4. The molecule has 1 fully saturated rings. The Kier molecular flexibility index (Phi) is 9.17. The third kappa shape index (κ3) is 7.22. The summed E-state index contributed by atoms with van der Waals surface area (Å²) < 4.78 is 56.7. The number of carbonyl (C=O) groups excluding carboxylic acids is 2. The van der Waals surface area contributed by atoms with Crippen molar-refractivity contribution in [2.24, 2.45) is 0 Å². The summed E-state index contributed by atoms with van der Waals surface area (Å²) in [5, 5.41) is 0.815. The van der Waals surface area contributed by atoms with Crippen LogP contribution in [0.3, 0.4) is 0 Å². The van der Waals surface area contributed by atoms with E-state index in [1.54, 1.807) is 57.3 Å². The lowest BCUT2D eigenvalue weighted by Crippen LogP contribution is -2.48. The van der Waals surface area contributed by atoms with Gasteiger partial charge in [-0.3, -0.25) is 14.4 Å². The van der Waals surface area contributed by atoms with Crippen molar-refractivity contribution in [2.75, 3.05) is 40.4 Å². The molecule has 1 aliphatic heterocycles. The van der Waals surface area contributed by atoms with Crippen LogP contribution >= 0.6 is 0 Å². The average Bonchev–Trinajstić information content (AvgIpc) is 3.38. The van der Waals surface area contributed by atoms with Gasteiger partial charge in [-0.15, -0.1) is 0 Å². The number of ether oxygens (including phenoxy) is 3. The molecule has 1 aromatic carbocycles. The van der Waals surface area contributed by atoms with Crippen LogP contribution in [-0.2, 0) is 16.0 Å². The molecule has 9 nitrogen and oxygen atoms in total. The zero-order valence-corrected chi connectivity index (χ0v) is 24.7. The number of nitrogens with zero attached hydrogens (tertiary/aromatic N) is 4. The van der Waals surface area contributed by atoms with Gasteiger partial charge in [-0.1, -0.05) is 6.07 Å². The van der Waals surface area contributed by atoms with E-state index in [0.29, 0.717) is 37.4 Å². The van der Waals surface area contributed by atoms with E-state index in [2.05, 4.69) is 9.88 Å². The van der Waals surface area contributed by atoms with Crippen molar-refractivity contribution in [2.45, 2.75) is 58.5 Å². The number of aryl methyl sites for hydroxylation is 1. The summed E-state index contributed by atoms with van der Waals surface area (Å²) in [6.07, 6.45) is -2.40. The zero-order valence-electron chi connectivity index (χ0n) is 24.7. The summed E-state index contributed by atoms with van der Waals surface area (Å²) in [6, 6.07) is 6.72. The Balaban J connectivity index is 1.71. The van der Waals surface area contributed by atoms with Crippen LogP contribution in [0.25, 0.3) is 10.9 Å². The first-order valence-corrected chi connectivity index (χ1v) is 13.7. The van der Waals surface area contributed by atoms with Gasteiger partial charge in [-0.2, -0.15) is 13.2 Å². The number of carbonyl (C=O) groups is 2. The molecular weight excluding hydrogens is 553 g/mol. The average molecular weight is 591 g/mol. The Morgan fingerprint density at radius 1 is 1.10 bits per heavy atom. The van der Waals surface area contributed by atoms with Crippen molar-refractivity contribution >= 4 is 23.0 Å². The van der Waals surface area contributed by atoms with Crippen LogP contribution in [0.2, 0.25) is 0 Å². The second kappa shape index (κ2) is 12.3. The van der Waals surface area contributed by atoms with Crippen molar-refractivity contribution in [3.8, 4) is 5.75 Å². The van der Waals surface area contributed by atoms with E-state index < -0.39 is 30.3 Å². The van der Waals surface area contributed by atoms with Crippen LogP contribution in [0.15, 0.2) is 36.7 Å². The molecule has 3 aromatic rings. The van der Waals surface area contributed by atoms with Crippen molar-refractivity contribution in [1.29, 1.82) is 0 Å². The normalized spacial score (nSPS) is 16.9. The van der Waals surface area contributed by atoms with Gasteiger partial charge in [0, 0.05) is 62.1 Å². The van der Waals surface area contributed by atoms with E-state index >= 15 is 0 Å². The quantitative estimate of drug-likeness (QED) is 0.323. The van der Waals surface area contributed by atoms with Gasteiger partial charge in [0.15, 0.2) is 0 Å². The van der Waals surface area contributed by atoms with Crippen LogP contribution in [0.4, 0.5) is 18.0 Å². The van der Waals surface area contributed by atoms with Gasteiger partial charge in [0.1, 0.15) is 17.0 Å². The Labute approximate surface area is 243 Å². The fourth-order valence-electron chi connectivity index (χ4n) is 5.27. The van der Waals surface area contributed by atoms with E-state index in [-0.39, 0.29) is 18.3 Å². The number of methoxy groups -OCH3 is 2. The lowest BCUT2D eigenvalue weighted by molar-refractivity contribution is -0.139. The fraction of sp³-hybridized carbons (Fsp3) is 0.500. The maximum Gasteiger partial charge on any atom is 0.419 e. The number of hydrogen-bond acceptors (Lipinski definition) is 8. The lowest BCUT2D eigenvalue weighted by atomic mass is 9.99. The monoisotopic (exact) mass is 590 g/mol. The number of piperazine rings is 1. The summed E-state index contributed by atoms with van der Waals surface area (Å²) in [5.74, 6) is 0.0643. The van der Waals surface area contributed by atoms with Crippen LogP contribution in [0, 0.1) is 6.92 Å². The lowest BCUT2D eigenvalue weighted by Gasteiger charge is -2.42. The maximum absolute atomic E-state index is 13.0. The molecule has 0 amide bonds.